The third-order valence-electron chi connectivity index (χ3n) is 1.43. The summed E-state index contributed by atoms with van der Waals surface area (Å²) in [6.07, 6.45) is 4.38. The number of hydrogen-bond donors (Lipinski definition) is 0. The number of ether oxygens (including phenoxy) is 1. The topological polar surface area (TPSA) is 73.9 Å². The van der Waals surface area contributed by atoms with E-state index in [1.807, 2.05) is 0 Å². The quantitative estimate of drug-likeness (QED) is 0.667. The van der Waals surface area contributed by atoms with Crippen molar-refractivity contribution >= 4 is 0 Å². The van der Waals surface area contributed by atoms with Gasteiger partial charge >= 0.3 is 6.01 Å². The van der Waals surface area contributed by atoms with E-state index in [0.29, 0.717) is 17.4 Å². The van der Waals surface area contributed by atoms with E-state index in [-0.39, 0.29) is 0 Å². The molecule has 0 fully saturated rings. The van der Waals surface area contributed by atoms with Crippen LogP contribution in [0.3, 0.4) is 0 Å². The number of aromatic nitrogens is 4. The second-order valence-corrected chi connectivity index (χ2v) is 2.21. The van der Waals surface area contributed by atoms with Crippen molar-refractivity contribution in [2.45, 2.75) is 0 Å². The van der Waals surface area contributed by atoms with Gasteiger partial charge in [0.25, 0.3) is 0 Å². The van der Waals surface area contributed by atoms with Crippen molar-refractivity contribution in [1.29, 1.82) is 0 Å². The highest BCUT2D eigenvalue weighted by Gasteiger charge is 2.03. The number of methoxy groups -OCH3 is 1. The second kappa shape index (κ2) is 3.18. The van der Waals surface area contributed by atoms with E-state index >= 15 is 0 Å². The largest absolute Gasteiger partial charge is 0.467 e. The van der Waals surface area contributed by atoms with Gasteiger partial charge in [-0.15, -0.1) is 0 Å². The maximum absolute atomic E-state index is 4.80. The molecule has 0 bridgehead atoms. The van der Waals surface area contributed by atoms with Crippen molar-refractivity contribution in [3.05, 3.63) is 18.8 Å². The van der Waals surface area contributed by atoms with Gasteiger partial charge in [0.1, 0.15) is 0 Å². The highest BCUT2D eigenvalue weighted by molar-refractivity contribution is 5.50. The van der Waals surface area contributed by atoms with Crippen LogP contribution in [-0.2, 0) is 0 Å². The molecule has 2 aromatic rings. The van der Waals surface area contributed by atoms with Crippen LogP contribution in [0.1, 0.15) is 0 Å². The van der Waals surface area contributed by atoms with Gasteiger partial charge in [-0.1, -0.05) is 5.16 Å². The molecule has 0 saturated heterocycles. The molecule has 6 nitrogen and oxygen atoms in total. The normalized spacial score (nSPS) is 9.92. The molecule has 2 heterocycles. The first-order valence-electron chi connectivity index (χ1n) is 3.53. The lowest BCUT2D eigenvalue weighted by Crippen LogP contribution is -1.91. The Kier molecular flexibility index (Phi) is 1.87. The number of rotatable bonds is 2. The van der Waals surface area contributed by atoms with Crippen LogP contribution in [0.5, 0.6) is 6.01 Å². The van der Waals surface area contributed by atoms with Gasteiger partial charge in [-0.3, -0.25) is 0 Å². The summed E-state index contributed by atoms with van der Waals surface area (Å²) in [5.74, 6) is 0.461. The summed E-state index contributed by atoms with van der Waals surface area (Å²) in [6.45, 7) is 0. The molecule has 0 N–H and O–H groups in total. The Bertz CT molecular complexity index is 370. The summed E-state index contributed by atoms with van der Waals surface area (Å²) < 4.78 is 9.38. The molecule has 0 radical (unpaired) electrons. The van der Waals surface area contributed by atoms with E-state index in [2.05, 4.69) is 24.6 Å². The van der Waals surface area contributed by atoms with Crippen molar-refractivity contribution < 1.29 is 9.26 Å². The zero-order chi connectivity index (χ0) is 9.10. The predicted molar refractivity (Wildman–Crippen MR) is 41.9 cm³/mol. The minimum absolute atomic E-state index is 0.312. The van der Waals surface area contributed by atoms with Crippen LogP contribution in [0.2, 0.25) is 0 Å². The molecule has 13 heavy (non-hydrogen) atoms. The summed E-state index contributed by atoms with van der Waals surface area (Å²) in [4.78, 5) is 11.6. The fourth-order valence-corrected chi connectivity index (χ4v) is 0.835. The standard InChI is InChI=1S/C7H6N4O2/c1-12-7-8-2-5(3-9-7)6-10-4-13-11-6/h2-4H,1H3. The van der Waals surface area contributed by atoms with Crippen molar-refractivity contribution in [3.8, 4) is 17.4 Å². The Balaban J connectivity index is 2.33. The Morgan fingerprint density at radius 1 is 1.23 bits per heavy atom. The lowest BCUT2D eigenvalue weighted by molar-refractivity contribution is 0.380. The summed E-state index contributed by atoms with van der Waals surface area (Å²) in [5, 5.41) is 3.64. The lowest BCUT2D eigenvalue weighted by Gasteiger charge is -1.96. The second-order valence-electron chi connectivity index (χ2n) is 2.21. The summed E-state index contributed by atoms with van der Waals surface area (Å²) >= 11 is 0. The van der Waals surface area contributed by atoms with Gasteiger partial charge in [0, 0.05) is 12.4 Å². The zero-order valence-electron chi connectivity index (χ0n) is 6.84. The third kappa shape index (κ3) is 1.46. The van der Waals surface area contributed by atoms with E-state index in [9.17, 15) is 0 Å². The molecule has 0 atom stereocenters. The highest BCUT2D eigenvalue weighted by atomic mass is 16.5. The van der Waals surface area contributed by atoms with E-state index in [1.54, 1.807) is 12.4 Å². The van der Waals surface area contributed by atoms with Crippen LogP contribution in [0.25, 0.3) is 11.4 Å². The Labute approximate surface area is 73.6 Å². The number of nitrogens with zero attached hydrogens (tertiary/aromatic N) is 4. The van der Waals surface area contributed by atoms with Crippen LogP contribution >= 0.6 is 0 Å². The van der Waals surface area contributed by atoms with Gasteiger partial charge < -0.3 is 9.26 Å². The van der Waals surface area contributed by atoms with Crippen LogP contribution in [-0.4, -0.2) is 27.2 Å². The molecule has 0 aliphatic heterocycles. The van der Waals surface area contributed by atoms with Crippen LogP contribution in [0.15, 0.2) is 23.3 Å². The summed E-state index contributed by atoms with van der Waals surface area (Å²) in [7, 11) is 1.50. The van der Waals surface area contributed by atoms with Gasteiger partial charge in [0.05, 0.1) is 12.7 Å². The Morgan fingerprint density at radius 2 is 2.00 bits per heavy atom. The Morgan fingerprint density at radius 3 is 2.54 bits per heavy atom. The molecular formula is C7H6N4O2. The lowest BCUT2D eigenvalue weighted by atomic mass is 10.3. The first-order valence-corrected chi connectivity index (χ1v) is 3.53. The molecule has 0 aliphatic rings. The molecule has 66 valence electrons. The molecule has 0 amide bonds. The fourth-order valence-electron chi connectivity index (χ4n) is 0.835. The first kappa shape index (κ1) is 7.66. The van der Waals surface area contributed by atoms with Gasteiger partial charge in [-0.05, 0) is 0 Å². The SMILES string of the molecule is COc1ncc(-c2ncon2)cn1. The van der Waals surface area contributed by atoms with E-state index < -0.39 is 0 Å². The van der Waals surface area contributed by atoms with Crippen molar-refractivity contribution in [2.75, 3.05) is 7.11 Å². The van der Waals surface area contributed by atoms with E-state index in [0.717, 1.165) is 0 Å². The average Bonchev–Trinajstić information content (AvgIpc) is 2.71. The molecule has 0 aliphatic carbocycles. The van der Waals surface area contributed by atoms with Crippen LogP contribution < -0.4 is 4.74 Å². The van der Waals surface area contributed by atoms with E-state index in [1.165, 1.54) is 13.5 Å². The minimum atomic E-state index is 0.312. The Hall–Kier alpha value is -1.98. The van der Waals surface area contributed by atoms with Crippen molar-refractivity contribution in [3.63, 3.8) is 0 Å². The van der Waals surface area contributed by atoms with Gasteiger partial charge in [0.15, 0.2) is 0 Å². The summed E-state index contributed by atoms with van der Waals surface area (Å²) in [6, 6.07) is 0.312. The average molecular weight is 178 g/mol. The van der Waals surface area contributed by atoms with Crippen LogP contribution in [0.4, 0.5) is 0 Å². The molecule has 0 saturated carbocycles. The van der Waals surface area contributed by atoms with Gasteiger partial charge in [0.2, 0.25) is 12.2 Å². The number of hydrogen-bond acceptors (Lipinski definition) is 6. The maximum Gasteiger partial charge on any atom is 0.316 e. The molecule has 0 aromatic carbocycles. The van der Waals surface area contributed by atoms with Crippen molar-refractivity contribution in [1.82, 2.24) is 20.1 Å². The minimum Gasteiger partial charge on any atom is -0.467 e. The highest BCUT2D eigenvalue weighted by Crippen LogP contribution is 2.12. The molecular weight excluding hydrogens is 172 g/mol. The van der Waals surface area contributed by atoms with E-state index in [4.69, 9.17) is 4.74 Å². The van der Waals surface area contributed by atoms with Gasteiger partial charge in [-0.25, -0.2) is 9.97 Å². The molecule has 6 heteroatoms. The predicted octanol–water partition coefficient (Wildman–Crippen LogP) is 0.535. The molecule has 0 unspecified atom stereocenters. The first-order chi connectivity index (χ1) is 6.40. The monoisotopic (exact) mass is 178 g/mol. The summed E-state index contributed by atoms with van der Waals surface area (Å²) in [5.41, 5.74) is 0.689. The smallest absolute Gasteiger partial charge is 0.316 e. The molecule has 0 spiro atoms. The zero-order valence-corrected chi connectivity index (χ0v) is 6.84. The third-order valence-corrected chi connectivity index (χ3v) is 1.43. The fraction of sp³-hybridized carbons (Fsp3) is 0.143. The molecule has 2 aromatic heterocycles. The maximum atomic E-state index is 4.80. The van der Waals surface area contributed by atoms with Gasteiger partial charge in [-0.2, -0.15) is 4.98 Å². The van der Waals surface area contributed by atoms with Crippen molar-refractivity contribution in [2.24, 2.45) is 0 Å². The molecule has 2 rings (SSSR count). The van der Waals surface area contributed by atoms with Crippen LogP contribution in [0, 0.1) is 0 Å².